The molecule has 0 bridgehead atoms. The molecule has 1 heterocycles. The molecule has 4 heteroatoms. The Kier molecular flexibility index (Phi) is 5.26. The maximum Gasteiger partial charge on any atom is 0.123 e. The number of benzene rings is 1. The summed E-state index contributed by atoms with van der Waals surface area (Å²) in [6.07, 6.45) is 3.01. The lowest BCUT2D eigenvalue weighted by Crippen LogP contribution is -2.29. The second-order valence-electron chi connectivity index (χ2n) is 5.38. The quantitative estimate of drug-likeness (QED) is 0.869. The van der Waals surface area contributed by atoms with Crippen LogP contribution in [0.2, 0.25) is 0 Å². The predicted molar refractivity (Wildman–Crippen MR) is 79.5 cm³/mol. The molecule has 4 nitrogen and oxygen atoms in total. The Morgan fingerprint density at radius 1 is 1.30 bits per heavy atom. The van der Waals surface area contributed by atoms with Gasteiger partial charge in [0, 0.05) is 18.2 Å². The molecule has 0 spiro atoms. The molecule has 0 radical (unpaired) electrons. The smallest absolute Gasteiger partial charge is 0.123 e. The van der Waals surface area contributed by atoms with E-state index in [9.17, 15) is 0 Å². The summed E-state index contributed by atoms with van der Waals surface area (Å²) in [6.45, 7) is 5.13. The van der Waals surface area contributed by atoms with E-state index in [0.29, 0.717) is 12.2 Å². The average molecular weight is 279 g/mol. The van der Waals surface area contributed by atoms with Crippen molar-refractivity contribution in [3.8, 4) is 11.5 Å². The van der Waals surface area contributed by atoms with Crippen molar-refractivity contribution >= 4 is 0 Å². The Morgan fingerprint density at radius 2 is 2.10 bits per heavy atom. The molecule has 1 N–H and O–H groups in total. The SMILES string of the molecule is COc1ccc(OC)c([C@H](C)NC[C@H]2CC[C@@H](C)O2)c1. The summed E-state index contributed by atoms with van der Waals surface area (Å²) in [7, 11) is 3.37. The van der Waals surface area contributed by atoms with Gasteiger partial charge in [-0.1, -0.05) is 0 Å². The van der Waals surface area contributed by atoms with Crippen LogP contribution < -0.4 is 14.8 Å². The highest BCUT2D eigenvalue weighted by Crippen LogP contribution is 2.29. The van der Waals surface area contributed by atoms with E-state index >= 15 is 0 Å². The Hall–Kier alpha value is -1.26. The second-order valence-corrected chi connectivity index (χ2v) is 5.38. The van der Waals surface area contributed by atoms with Gasteiger partial charge in [-0.3, -0.25) is 0 Å². The van der Waals surface area contributed by atoms with Crippen molar-refractivity contribution in [2.75, 3.05) is 20.8 Å². The zero-order valence-corrected chi connectivity index (χ0v) is 12.8. The van der Waals surface area contributed by atoms with E-state index in [-0.39, 0.29) is 6.04 Å². The van der Waals surface area contributed by atoms with Crippen molar-refractivity contribution < 1.29 is 14.2 Å². The van der Waals surface area contributed by atoms with Crippen molar-refractivity contribution in [2.24, 2.45) is 0 Å². The molecular weight excluding hydrogens is 254 g/mol. The van der Waals surface area contributed by atoms with Gasteiger partial charge in [-0.25, -0.2) is 0 Å². The van der Waals surface area contributed by atoms with Crippen LogP contribution in [-0.2, 0) is 4.74 Å². The molecular formula is C16H25NO3. The van der Waals surface area contributed by atoms with Crippen LogP contribution >= 0.6 is 0 Å². The normalized spacial score (nSPS) is 23.6. The minimum absolute atomic E-state index is 0.194. The van der Waals surface area contributed by atoms with E-state index < -0.39 is 0 Å². The molecule has 0 amide bonds. The van der Waals surface area contributed by atoms with E-state index in [0.717, 1.165) is 36.4 Å². The zero-order chi connectivity index (χ0) is 14.5. The summed E-state index contributed by atoms with van der Waals surface area (Å²) >= 11 is 0. The third-order valence-corrected chi connectivity index (χ3v) is 3.88. The van der Waals surface area contributed by atoms with Crippen molar-refractivity contribution in [1.29, 1.82) is 0 Å². The van der Waals surface area contributed by atoms with Gasteiger partial charge in [0.2, 0.25) is 0 Å². The Morgan fingerprint density at radius 3 is 2.70 bits per heavy atom. The van der Waals surface area contributed by atoms with Crippen LogP contribution in [0.1, 0.15) is 38.3 Å². The van der Waals surface area contributed by atoms with Crippen LogP contribution in [0.25, 0.3) is 0 Å². The summed E-state index contributed by atoms with van der Waals surface area (Å²) in [5.74, 6) is 1.73. The summed E-state index contributed by atoms with van der Waals surface area (Å²) in [6, 6.07) is 6.07. The first kappa shape index (κ1) is 15.1. The van der Waals surface area contributed by atoms with Crippen LogP contribution in [0.4, 0.5) is 0 Å². The molecule has 0 saturated carbocycles. The topological polar surface area (TPSA) is 39.7 Å². The lowest BCUT2D eigenvalue weighted by Gasteiger charge is -2.20. The van der Waals surface area contributed by atoms with E-state index in [1.165, 1.54) is 0 Å². The Bertz CT molecular complexity index is 436. The molecule has 1 aliphatic rings. The van der Waals surface area contributed by atoms with Gasteiger partial charge in [-0.2, -0.15) is 0 Å². The van der Waals surface area contributed by atoms with Gasteiger partial charge in [-0.15, -0.1) is 0 Å². The number of rotatable bonds is 6. The van der Waals surface area contributed by atoms with Crippen LogP contribution in [0.3, 0.4) is 0 Å². The first-order valence-electron chi connectivity index (χ1n) is 7.24. The van der Waals surface area contributed by atoms with Gasteiger partial charge >= 0.3 is 0 Å². The van der Waals surface area contributed by atoms with E-state index in [4.69, 9.17) is 14.2 Å². The first-order chi connectivity index (χ1) is 9.63. The van der Waals surface area contributed by atoms with Gasteiger partial charge < -0.3 is 19.5 Å². The average Bonchev–Trinajstić information content (AvgIpc) is 2.89. The van der Waals surface area contributed by atoms with Crippen molar-refractivity contribution in [3.63, 3.8) is 0 Å². The van der Waals surface area contributed by atoms with Crippen LogP contribution in [0.15, 0.2) is 18.2 Å². The lowest BCUT2D eigenvalue weighted by atomic mass is 10.1. The maximum atomic E-state index is 5.83. The highest BCUT2D eigenvalue weighted by Gasteiger charge is 2.22. The molecule has 0 unspecified atom stereocenters. The summed E-state index contributed by atoms with van der Waals surface area (Å²) in [5, 5.41) is 3.53. The molecule has 0 aromatic heterocycles. The molecule has 2 rings (SSSR count). The largest absolute Gasteiger partial charge is 0.497 e. The number of hydrogen-bond acceptors (Lipinski definition) is 4. The summed E-state index contributed by atoms with van der Waals surface area (Å²) in [4.78, 5) is 0. The van der Waals surface area contributed by atoms with Crippen LogP contribution in [0, 0.1) is 0 Å². The van der Waals surface area contributed by atoms with E-state index in [1.54, 1.807) is 14.2 Å². The second kappa shape index (κ2) is 6.95. The maximum absolute atomic E-state index is 5.83. The summed E-state index contributed by atoms with van der Waals surface area (Å²) in [5.41, 5.74) is 1.11. The molecule has 0 aliphatic carbocycles. The molecule has 3 atom stereocenters. The highest BCUT2D eigenvalue weighted by molar-refractivity contribution is 5.42. The fourth-order valence-corrected chi connectivity index (χ4v) is 2.63. The number of ether oxygens (including phenoxy) is 3. The number of hydrogen-bond donors (Lipinski definition) is 1. The molecule has 1 aromatic carbocycles. The fourth-order valence-electron chi connectivity index (χ4n) is 2.63. The van der Waals surface area contributed by atoms with Gasteiger partial charge in [0.25, 0.3) is 0 Å². The lowest BCUT2D eigenvalue weighted by molar-refractivity contribution is 0.0546. The van der Waals surface area contributed by atoms with Crippen molar-refractivity contribution in [3.05, 3.63) is 23.8 Å². The van der Waals surface area contributed by atoms with Crippen molar-refractivity contribution in [1.82, 2.24) is 5.32 Å². The Balaban J connectivity index is 1.98. The molecule has 1 fully saturated rings. The minimum Gasteiger partial charge on any atom is -0.497 e. The van der Waals surface area contributed by atoms with Gasteiger partial charge in [-0.05, 0) is 44.9 Å². The third kappa shape index (κ3) is 3.64. The van der Waals surface area contributed by atoms with Crippen LogP contribution in [0.5, 0.6) is 11.5 Å². The standard InChI is InChI=1S/C16H25NO3/c1-11-5-6-14(20-11)10-17-12(2)15-9-13(18-3)7-8-16(15)19-4/h7-9,11-12,14,17H,5-6,10H2,1-4H3/t11-,12+,14-/m1/s1. The third-order valence-electron chi connectivity index (χ3n) is 3.88. The Labute approximate surface area is 121 Å². The monoisotopic (exact) mass is 279 g/mol. The van der Waals surface area contributed by atoms with Gasteiger partial charge in [0.05, 0.1) is 26.4 Å². The number of methoxy groups -OCH3 is 2. The number of nitrogens with one attached hydrogen (secondary N) is 1. The highest BCUT2D eigenvalue weighted by atomic mass is 16.5. The molecule has 20 heavy (non-hydrogen) atoms. The fraction of sp³-hybridized carbons (Fsp3) is 0.625. The minimum atomic E-state index is 0.194. The van der Waals surface area contributed by atoms with Crippen LogP contribution in [-0.4, -0.2) is 33.0 Å². The molecule has 1 aliphatic heterocycles. The molecule has 112 valence electrons. The molecule has 1 aromatic rings. The van der Waals surface area contributed by atoms with E-state index in [1.807, 2.05) is 18.2 Å². The predicted octanol–water partition coefficient (Wildman–Crippen LogP) is 2.92. The van der Waals surface area contributed by atoms with E-state index in [2.05, 4.69) is 19.2 Å². The van der Waals surface area contributed by atoms with Gasteiger partial charge in [0.1, 0.15) is 11.5 Å². The van der Waals surface area contributed by atoms with Gasteiger partial charge in [0.15, 0.2) is 0 Å². The zero-order valence-electron chi connectivity index (χ0n) is 12.8. The molecule has 1 saturated heterocycles. The summed E-state index contributed by atoms with van der Waals surface area (Å²) < 4.78 is 16.5. The first-order valence-corrected chi connectivity index (χ1v) is 7.24. The van der Waals surface area contributed by atoms with Crippen molar-refractivity contribution in [2.45, 2.75) is 44.9 Å².